The van der Waals surface area contributed by atoms with Crippen molar-refractivity contribution < 1.29 is 22.6 Å². The molecule has 1 heterocycles. The van der Waals surface area contributed by atoms with Gasteiger partial charge in [-0.25, -0.2) is 0 Å². The molecule has 1 fully saturated rings. The number of benzene rings is 1. The molecule has 2 rings (SSSR count). The molecule has 0 radical (unpaired) electrons. The first-order chi connectivity index (χ1) is 9.00. The van der Waals surface area contributed by atoms with Crippen molar-refractivity contribution in [2.24, 2.45) is 5.73 Å². The Morgan fingerprint density at radius 2 is 2.16 bits per heavy atom. The molecule has 106 valence electrons. The van der Waals surface area contributed by atoms with Gasteiger partial charge in [0.1, 0.15) is 12.4 Å². The first-order valence-corrected chi connectivity index (χ1v) is 6.15. The van der Waals surface area contributed by atoms with Crippen molar-refractivity contribution in [1.29, 1.82) is 0 Å². The van der Waals surface area contributed by atoms with Gasteiger partial charge in [-0.2, -0.15) is 13.2 Å². The molecule has 1 aliphatic heterocycles. The van der Waals surface area contributed by atoms with Crippen LogP contribution in [-0.4, -0.2) is 19.3 Å². The minimum Gasteiger partial charge on any atom is -0.491 e. The number of nitrogens with two attached hydrogens (primary N) is 1. The van der Waals surface area contributed by atoms with Crippen molar-refractivity contribution >= 4 is 0 Å². The number of hydrogen-bond acceptors (Lipinski definition) is 3. The van der Waals surface area contributed by atoms with Crippen LogP contribution in [0.25, 0.3) is 0 Å². The molecule has 0 bridgehead atoms. The van der Waals surface area contributed by atoms with Crippen LogP contribution in [0.5, 0.6) is 5.75 Å². The summed E-state index contributed by atoms with van der Waals surface area (Å²) in [6.07, 6.45) is -2.44. The second-order valence-electron chi connectivity index (χ2n) is 4.47. The quantitative estimate of drug-likeness (QED) is 0.919. The molecule has 1 aliphatic rings. The SMILES string of the molecule is NCc1cc(OCC2CCCO2)ccc1C(F)(F)F. The van der Waals surface area contributed by atoms with Gasteiger partial charge in [0, 0.05) is 13.2 Å². The second kappa shape index (κ2) is 5.79. The van der Waals surface area contributed by atoms with E-state index in [-0.39, 0.29) is 18.2 Å². The van der Waals surface area contributed by atoms with Gasteiger partial charge in [0.05, 0.1) is 11.7 Å². The van der Waals surface area contributed by atoms with Gasteiger partial charge in [-0.3, -0.25) is 0 Å². The summed E-state index contributed by atoms with van der Waals surface area (Å²) in [5.74, 6) is 0.393. The average Bonchev–Trinajstić information content (AvgIpc) is 2.88. The molecule has 0 saturated carbocycles. The lowest BCUT2D eigenvalue weighted by Crippen LogP contribution is -2.17. The summed E-state index contributed by atoms with van der Waals surface area (Å²) in [6.45, 7) is 0.899. The van der Waals surface area contributed by atoms with Crippen LogP contribution in [0.3, 0.4) is 0 Å². The third-order valence-corrected chi connectivity index (χ3v) is 3.06. The van der Waals surface area contributed by atoms with Gasteiger partial charge in [-0.05, 0) is 36.6 Å². The molecule has 2 N–H and O–H groups in total. The summed E-state index contributed by atoms with van der Waals surface area (Å²) >= 11 is 0. The third kappa shape index (κ3) is 3.61. The van der Waals surface area contributed by atoms with E-state index >= 15 is 0 Å². The maximum absolute atomic E-state index is 12.7. The molecule has 0 amide bonds. The highest BCUT2D eigenvalue weighted by molar-refractivity contribution is 5.37. The Morgan fingerprint density at radius 1 is 1.37 bits per heavy atom. The Balaban J connectivity index is 2.06. The summed E-state index contributed by atoms with van der Waals surface area (Å²) < 4.78 is 48.9. The lowest BCUT2D eigenvalue weighted by molar-refractivity contribution is -0.138. The summed E-state index contributed by atoms with van der Waals surface area (Å²) in [5.41, 5.74) is 4.68. The fraction of sp³-hybridized carbons (Fsp3) is 0.538. The van der Waals surface area contributed by atoms with Crippen molar-refractivity contribution in [1.82, 2.24) is 0 Å². The Bertz CT molecular complexity index is 428. The third-order valence-electron chi connectivity index (χ3n) is 3.06. The molecule has 6 heteroatoms. The van der Waals surface area contributed by atoms with Crippen molar-refractivity contribution in [2.45, 2.75) is 31.7 Å². The molecule has 0 aromatic heterocycles. The Kier molecular flexibility index (Phi) is 4.31. The highest BCUT2D eigenvalue weighted by Gasteiger charge is 2.33. The van der Waals surface area contributed by atoms with E-state index < -0.39 is 11.7 Å². The van der Waals surface area contributed by atoms with Crippen LogP contribution in [-0.2, 0) is 17.5 Å². The Labute approximate surface area is 109 Å². The van der Waals surface area contributed by atoms with Crippen molar-refractivity contribution in [3.05, 3.63) is 29.3 Å². The highest BCUT2D eigenvalue weighted by Crippen LogP contribution is 2.33. The number of alkyl halides is 3. The minimum absolute atomic E-state index is 0.0311. The van der Waals surface area contributed by atoms with Gasteiger partial charge in [-0.1, -0.05) is 0 Å². The van der Waals surface area contributed by atoms with Crippen molar-refractivity contribution in [3.8, 4) is 5.75 Å². The summed E-state index contributed by atoms with van der Waals surface area (Å²) in [6, 6.07) is 3.67. The lowest BCUT2D eigenvalue weighted by Gasteiger charge is -2.15. The number of rotatable bonds is 4. The normalized spacial score (nSPS) is 19.7. The van der Waals surface area contributed by atoms with Crippen LogP contribution in [0.4, 0.5) is 13.2 Å². The van der Waals surface area contributed by atoms with Crippen LogP contribution >= 0.6 is 0 Å². The molecule has 0 spiro atoms. The second-order valence-corrected chi connectivity index (χ2v) is 4.47. The molecule has 1 aromatic rings. The molecular weight excluding hydrogens is 259 g/mol. The topological polar surface area (TPSA) is 44.5 Å². The van der Waals surface area contributed by atoms with Gasteiger partial charge in [-0.15, -0.1) is 0 Å². The van der Waals surface area contributed by atoms with Crippen LogP contribution in [0.15, 0.2) is 18.2 Å². The first kappa shape index (κ1) is 14.1. The monoisotopic (exact) mass is 275 g/mol. The minimum atomic E-state index is -4.39. The Morgan fingerprint density at radius 3 is 2.74 bits per heavy atom. The highest BCUT2D eigenvalue weighted by atomic mass is 19.4. The van der Waals surface area contributed by atoms with Gasteiger partial charge in [0.25, 0.3) is 0 Å². The van der Waals surface area contributed by atoms with E-state index in [1.165, 1.54) is 12.1 Å². The fourth-order valence-corrected chi connectivity index (χ4v) is 2.07. The average molecular weight is 275 g/mol. The molecule has 19 heavy (non-hydrogen) atoms. The summed E-state index contributed by atoms with van der Waals surface area (Å²) in [5, 5.41) is 0. The number of hydrogen-bond donors (Lipinski definition) is 1. The zero-order chi connectivity index (χ0) is 13.9. The van der Waals surface area contributed by atoms with Crippen molar-refractivity contribution in [3.63, 3.8) is 0 Å². The van der Waals surface area contributed by atoms with Crippen LogP contribution in [0, 0.1) is 0 Å². The molecule has 1 aromatic carbocycles. The van der Waals surface area contributed by atoms with E-state index in [0.717, 1.165) is 25.5 Å². The maximum atomic E-state index is 12.7. The maximum Gasteiger partial charge on any atom is 0.416 e. The zero-order valence-corrected chi connectivity index (χ0v) is 10.4. The summed E-state index contributed by atoms with van der Waals surface area (Å²) in [7, 11) is 0. The van der Waals surface area contributed by atoms with E-state index in [1.807, 2.05) is 0 Å². The van der Waals surface area contributed by atoms with Gasteiger partial charge in [0.15, 0.2) is 0 Å². The largest absolute Gasteiger partial charge is 0.491 e. The standard InChI is InChI=1S/C13H16F3NO2/c14-13(15,16)12-4-3-10(6-9(12)7-17)19-8-11-2-1-5-18-11/h3-4,6,11H,1-2,5,7-8,17H2. The fourth-order valence-electron chi connectivity index (χ4n) is 2.07. The van der Waals surface area contributed by atoms with Crippen molar-refractivity contribution in [2.75, 3.05) is 13.2 Å². The molecule has 1 atom stereocenters. The molecule has 1 saturated heterocycles. The van der Waals surface area contributed by atoms with Gasteiger partial charge in [0.2, 0.25) is 0 Å². The Hall–Kier alpha value is -1.27. The predicted octanol–water partition coefficient (Wildman–Crippen LogP) is 2.72. The summed E-state index contributed by atoms with van der Waals surface area (Å²) in [4.78, 5) is 0. The van der Waals surface area contributed by atoms with E-state index in [1.54, 1.807) is 0 Å². The van der Waals surface area contributed by atoms with Crippen LogP contribution in [0.1, 0.15) is 24.0 Å². The molecular formula is C13H16F3NO2. The first-order valence-electron chi connectivity index (χ1n) is 6.15. The van der Waals surface area contributed by atoms with Gasteiger partial charge >= 0.3 is 6.18 Å². The predicted molar refractivity (Wildman–Crippen MR) is 63.8 cm³/mol. The number of halogens is 3. The van der Waals surface area contributed by atoms with Crippen LogP contribution < -0.4 is 10.5 Å². The molecule has 3 nitrogen and oxygen atoms in total. The van der Waals surface area contributed by atoms with E-state index in [9.17, 15) is 13.2 Å². The van der Waals surface area contributed by atoms with E-state index in [0.29, 0.717) is 12.4 Å². The number of ether oxygens (including phenoxy) is 2. The van der Waals surface area contributed by atoms with E-state index in [2.05, 4.69) is 0 Å². The molecule has 0 aliphatic carbocycles. The smallest absolute Gasteiger partial charge is 0.416 e. The lowest BCUT2D eigenvalue weighted by atomic mass is 10.1. The van der Waals surface area contributed by atoms with Gasteiger partial charge < -0.3 is 15.2 Å². The van der Waals surface area contributed by atoms with E-state index in [4.69, 9.17) is 15.2 Å². The van der Waals surface area contributed by atoms with Crippen LogP contribution in [0.2, 0.25) is 0 Å². The zero-order valence-electron chi connectivity index (χ0n) is 10.4. The molecule has 1 unspecified atom stereocenters.